The Morgan fingerprint density at radius 3 is 2.62 bits per heavy atom. The van der Waals surface area contributed by atoms with Crippen LogP contribution in [-0.2, 0) is 6.54 Å². The second-order valence-electron chi connectivity index (χ2n) is 6.98. The molecule has 130 valence electrons. The Labute approximate surface area is 143 Å². The van der Waals surface area contributed by atoms with Crippen molar-refractivity contribution in [3.63, 3.8) is 0 Å². The summed E-state index contributed by atoms with van der Waals surface area (Å²) in [7, 11) is 0. The summed E-state index contributed by atoms with van der Waals surface area (Å²) in [6.45, 7) is 5.74. The third kappa shape index (κ3) is 3.47. The Kier molecular flexibility index (Phi) is 5.21. The first-order valence-electron chi connectivity index (χ1n) is 8.79. The first-order valence-corrected chi connectivity index (χ1v) is 8.79. The highest BCUT2D eigenvalue weighted by Gasteiger charge is 2.26. The molecule has 2 heterocycles. The van der Waals surface area contributed by atoms with E-state index in [9.17, 15) is 5.11 Å². The fourth-order valence-corrected chi connectivity index (χ4v) is 3.95. The zero-order valence-corrected chi connectivity index (χ0v) is 14.5. The molecule has 1 aromatic heterocycles. The van der Waals surface area contributed by atoms with E-state index in [4.69, 9.17) is 5.21 Å². The lowest BCUT2D eigenvalue weighted by Gasteiger charge is -2.40. The number of rotatable bonds is 5. The van der Waals surface area contributed by atoms with Crippen LogP contribution in [-0.4, -0.2) is 50.7 Å². The average Bonchev–Trinajstić information content (AvgIpc) is 2.90. The van der Waals surface area contributed by atoms with E-state index < -0.39 is 6.10 Å². The molecule has 1 aliphatic heterocycles. The van der Waals surface area contributed by atoms with Crippen molar-refractivity contribution in [3.8, 4) is 0 Å². The van der Waals surface area contributed by atoms with Gasteiger partial charge in [0.1, 0.15) is 0 Å². The minimum absolute atomic E-state index is 0.428. The van der Waals surface area contributed by atoms with Crippen LogP contribution in [0.4, 0.5) is 0 Å². The van der Waals surface area contributed by atoms with Gasteiger partial charge in [-0.15, -0.1) is 0 Å². The second kappa shape index (κ2) is 7.36. The van der Waals surface area contributed by atoms with Crippen LogP contribution >= 0.6 is 0 Å². The lowest BCUT2D eigenvalue weighted by atomic mass is 9.97. The molecule has 5 nitrogen and oxygen atoms in total. The van der Waals surface area contributed by atoms with E-state index in [0.29, 0.717) is 25.2 Å². The number of hydrogen-bond acceptors (Lipinski definition) is 4. The first kappa shape index (κ1) is 17.0. The van der Waals surface area contributed by atoms with Crippen LogP contribution in [0, 0.1) is 0 Å². The number of hydrogen-bond donors (Lipinski definition) is 2. The molecule has 5 heteroatoms. The van der Waals surface area contributed by atoms with Gasteiger partial charge in [-0.25, -0.2) is 0 Å². The van der Waals surface area contributed by atoms with Crippen LogP contribution in [0.1, 0.15) is 38.7 Å². The van der Waals surface area contributed by atoms with Gasteiger partial charge in [0.2, 0.25) is 0 Å². The minimum atomic E-state index is -0.428. The number of benzene rings is 1. The van der Waals surface area contributed by atoms with Crippen LogP contribution in [0.25, 0.3) is 10.9 Å². The number of β-amino-alcohol motifs (C(OH)–C–C–N with tert-alkyl or cyclic N) is 1. The lowest BCUT2D eigenvalue weighted by molar-refractivity contribution is 0.0352. The monoisotopic (exact) mass is 329 g/mol. The molecule has 0 radical (unpaired) electrons. The summed E-state index contributed by atoms with van der Waals surface area (Å²) in [5.74, 6) is 0. The third-order valence-electron chi connectivity index (χ3n) is 5.22. The van der Waals surface area contributed by atoms with E-state index in [-0.39, 0.29) is 0 Å². The number of para-hydroxylation sites is 1. The Morgan fingerprint density at radius 2 is 1.92 bits per heavy atom. The number of likely N-dealkylation sites (tertiary alicyclic amines) is 1. The van der Waals surface area contributed by atoms with E-state index in [2.05, 4.69) is 28.5 Å². The molecule has 3 atom stereocenters. The predicted octanol–water partition coefficient (Wildman–Crippen LogP) is 3.07. The highest BCUT2D eigenvalue weighted by atomic mass is 16.4. The smallest absolute Gasteiger partial charge is 0.0845 e. The zero-order chi connectivity index (χ0) is 17.1. The molecule has 1 aliphatic rings. The number of fused-ring (bicyclic) bond motifs is 1. The van der Waals surface area contributed by atoms with Crippen LogP contribution in [0.2, 0.25) is 0 Å². The van der Waals surface area contributed by atoms with Gasteiger partial charge in [-0.3, -0.25) is 4.90 Å². The standard InChI is InChI=1S/C19H27N3O2/c1-14-6-5-7-15(2)22(14)13-17(23)12-21-11-16(10-20-24)18-8-3-4-9-19(18)21/h3-4,8-11,14-15,17,23-24H,5-7,12-13H2,1-2H3/b20-10-/t14-,15-,17+/m0/s1. The molecule has 3 rings (SSSR count). The molecule has 24 heavy (non-hydrogen) atoms. The van der Waals surface area contributed by atoms with E-state index in [1.165, 1.54) is 25.5 Å². The zero-order valence-electron chi connectivity index (χ0n) is 14.5. The quantitative estimate of drug-likeness (QED) is 0.503. The lowest BCUT2D eigenvalue weighted by Crippen LogP contribution is -2.47. The Bertz CT molecular complexity index is 700. The highest BCUT2D eigenvalue weighted by Crippen LogP contribution is 2.24. The van der Waals surface area contributed by atoms with E-state index in [1.54, 1.807) is 0 Å². The maximum absolute atomic E-state index is 10.6. The number of piperidine rings is 1. The fraction of sp³-hybridized carbons (Fsp3) is 0.526. The molecule has 0 spiro atoms. The molecule has 1 fully saturated rings. The summed E-state index contributed by atoms with van der Waals surface area (Å²) in [6.07, 6.45) is 6.65. The van der Waals surface area contributed by atoms with Crippen LogP contribution in [0.5, 0.6) is 0 Å². The SMILES string of the molecule is C[C@H]1CCC[C@H](C)N1C[C@H](O)Cn1cc(/C=N\O)c2ccccc21. The largest absolute Gasteiger partial charge is 0.411 e. The maximum Gasteiger partial charge on any atom is 0.0845 e. The van der Waals surface area contributed by atoms with E-state index in [0.717, 1.165) is 16.5 Å². The molecule has 2 N–H and O–H groups in total. The van der Waals surface area contributed by atoms with Crippen LogP contribution in [0.15, 0.2) is 35.6 Å². The van der Waals surface area contributed by atoms with Crippen molar-refractivity contribution in [1.29, 1.82) is 0 Å². The molecular formula is C19H27N3O2. The Hall–Kier alpha value is -1.85. The number of oxime groups is 1. The molecule has 2 aromatic rings. The molecule has 0 saturated carbocycles. The van der Waals surface area contributed by atoms with Gasteiger partial charge in [0, 0.05) is 47.8 Å². The van der Waals surface area contributed by atoms with E-state index >= 15 is 0 Å². The van der Waals surface area contributed by atoms with Crippen molar-refractivity contribution in [2.45, 2.75) is 57.8 Å². The first-order chi connectivity index (χ1) is 11.6. The van der Waals surface area contributed by atoms with Crippen LogP contribution < -0.4 is 0 Å². The van der Waals surface area contributed by atoms with Crippen molar-refractivity contribution in [1.82, 2.24) is 9.47 Å². The van der Waals surface area contributed by atoms with Gasteiger partial charge in [0.25, 0.3) is 0 Å². The Morgan fingerprint density at radius 1 is 1.21 bits per heavy atom. The third-order valence-corrected chi connectivity index (χ3v) is 5.22. The number of aliphatic hydroxyl groups is 1. The molecule has 0 amide bonds. The van der Waals surface area contributed by atoms with Gasteiger partial charge in [-0.1, -0.05) is 29.8 Å². The predicted molar refractivity (Wildman–Crippen MR) is 96.8 cm³/mol. The fourth-order valence-electron chi connectivity index (χ4n) is 3.95. The maximum atomic E-state index is 10.6. The number of nitrogens with zero attached hydrogens (tertiary/aromatic N) is 3. The Balaban J connectivity index is 1.77. The van der Waals surface area contributed by atoms with Crippen molar-refractivity contribution >= 4 is 17.1 Å². The summed E-state index contributed by atoms with van der Waals surface area (Å²) in [6, 6.07) is 9.05. The van der Waals surface area contributed by atoms with E-state index in [1.807, 2.05) is 30.5 Å². The van der Waals surface area contributed by atoms with Gasteiger partial charge in [-0.05, 0) is 32.8 Å². The molecule has 0 aliphatic carbocycles. The van der Waals surface area contributed by atoms with Gasteiger partial charge in [0.15, 0.2) is 0 Å². The summed E-state index contributed by atoms with van der Waals surface area (Å²) in [4.78, 5) is 2.43. The van der Waals surface area contributed by atoms with Crippen molar-refractivity contribution in [2.24, 2.45) is 5.16 Å². The topological polar surface area (TPSA) is 61.0 Å². The van der Waals surface area contributed by atoms with Gasteiger partial charge >= 0.3 is 0 Å². The van der Waals surface area contributed by atoms with Gasteiger partial charge in [0.05, 0.1) is 12.3 Å². The average molecular weight is 329 g/mol. The van der Waals surface area contributed by atoms with Crippen molar-refractivity contribution < 1.29 is 10.3 Å². The number of aliphatic hydroxyl groups excluding tert-OH is 1. The van der Waals surface area contributed by atoms with Crippen molar-refractivity contribution in [2.75, 3.05) is 6.54 Å². The summed E-state index contributed by atoms with van der Waals surface area (Å²) in [5.41, 5.74) is 1.91. The second-order valence-corrected chi connectivity index (χ2v) is 6.98. The minimum Gasteiger partial charge on any atom is -0.411 e. The normalized spacial score (nSPS) is 24.0. The number of aromatic nitrogens is 1. The summed E-state index contributed by atoms with van der Waals surface area (Å²) >= 11 is 0. The molecule has 1 aromatic carbocycles. The summed E-state index contributed by atoms with van der Waals surface area (Å²) in [5, 5.41) is 23.7. The van der Waals surface area contributed by atoms with Gasteiger partial charge in [-0.2, -0.15) is 0 Å². The summed E-state index contributed by atoms with van der Waals surface area (Å²) < 4.78 is 2.05. The highest BCUT2D eigenvalue weighted by molar-refractivity contribution is 5.99. The molecule has 1 saturated heterocycles. The molecule has 0 bridgehead atoms. The van der Waals surface area contributed by atoms with Crippen LogP contribution in [0.3, 0.4) is 0 Å². The van der Waals surface area contributed by atoms with Gasteiger partial charge < -0.3 is 14.9 Å². The molecule has 0 unspecified atom stereocenters. The molecular weight excluding hydrogens is 302 g/mol. The van der Waals surface area contributed by atoms with Crippen molar-refractivity contribution in [3.05, 3.63) is 36.0 Å².